The number of carbonyl (C=O) groups excluding carboxylic acids is 1. The number of alkyl halides is 1. The molecule has 1 heterocycles. The van der Waals surface area contributed by atoms with Crippen molar-refractivity contribution in [2.45, 2.75) is 4.90 Å². The van der Waals surface area contributed by atoms with E-state index in [1.54, 1.807) is 35.2 Å². The predicted molar refractivity (Wildman–Crippen MR) is 98.1 cm³/mol. The van der Waals surface area contributed by atoms with Crippen LogP contribution in [-0.4, -0.2) is 32.0 Å². The minimum absolute atomic E-state index is 0.0313. The predicted octanol–water partition coefficient (Wildman–Crippen LogP) is 3.13. The number of nitrogens with zero attached hydrogens (tertiary/aromatic N) is 1. The molecule has 3 rings (SSSR count). The van der Waals surface area contributed by atoms with Crippen LogP contribution < -0.4 is 4.90 Å². The fourth-order valence-corrected chi connectivity index (χ4v) is 5.33. The van der Waals surface area contributed by atoms with E-state index in [-0.39, 0.29) is 22.5 Å². The summed E-state index contributed by atoms with van der Waals surface area (Å²) in [5.41, 5.74) is 0.813. The molecular weight excluding hydrogens is 390 g/mol. The number of carbonyl (C=O) groups is 1. The maximum atomic E-state index is 12.8. The summed E-state index contributed by atoms with van der Waals surface area (Å²) in [6, 6.07) is 17.7. The van der Waals surface area contributed by atoms with Crippen molar-refractivity contribution in [3.8, 4) is 0 Å². The highest BCUT2D eigenvalue weighted by Gasteiger charge is 2.42. The zero-order valence-electron chi connectivity index (χ0n) is 13.0. The second kappa shape index (κ2) is 7.07. The number of para-hydroxylation sites is 1. The fourth-order valence-electron chi connectivity index (χ4n) is 3.02. The molecule has 1 aliphatic rings. The number of halogens is 1. The lowest BCUT2D eigenvalue weighted by atomic mass is 10.00. The van der Waals surface area contributed by atoms with Crippen LogP contribution >= 0.6 is 15.9 Å². The molecule has 4 nitrogen and oxygen atoms in total. The van der Waals surface area contributed by atoms with Gasteiger partial charge in [0.15, 0.2) is 9.84 Å². The number of hydrogen-bond acceptors (Lipinski definition) is 3. The van der Waals surface area contributed by atoms with Crippen LogP contribution in [0.2, 0.25) is 0 Å². The third-order valence-corrected chi connectivity index (χ3v) is 6.96. The first-order valence-corrected chi connectivity index (χ1v) is 10.5. The Morgan fingerprint density at radius 3 is 2.17 bits per heavy atom. The zero-order valence-corrected chi connectivity index (χ0v) is 15.4. The molecule has 24 heavy (non-hydrogen) atoms. The van der Waals surface area contributed by atoms with Gasteiger partial charge in [0.05, 0.1) is 16.6 Å². The van der Waals surface area contributed by atoms with Gasteiger partial charge in [-0.2, -0.15) is 0 Å². The summed E-state index contributed by atoms with van der Waals surface area (Å²) in [5, 5.41) is 0.594. The lowest BCUT2D eigenvalue weighted by Crippen LogP contribution is -2.30. The standard InChI is InChI=1S/C18H18BrNO3S/c19-11-14-12-20(15-7-3-1-4-8-15)18(21)17(14)13-24(22,23)16-9-5-2-6-10-16/h1-10,14,17H,11-13H2. The first-order valence-electron chi connectivity index (χ1n) is 7.73. The van der Waals surface area contributed by atoms with E-state index in [0.29, 0.717) is 11.9 Å². The normalized spacial score (nSPS) is 21.2. The Morgan fingerprint density at radius 2 is 1.58 bits per heavy atom. The van der Waals surface area contributed by atoms with Gasteiger partial charge in [0.1, 0.15) is 0 Å². The van der Waals surface area contributed by atoms with Crippen LogP contribution in [0.15, 0.2) is 65.6 Å². The molecule has 1 aliphatic heterocycles. The number of amides is 1. The van der Waals surface area contributed by atoms with Crippen molar-refractivity contribution in [2.24, 2.45) is 11.8 Å². The Labute approximate surface area is 150 Å². The first-order chi connectivity index (χ1) is 11.5. The van der Waals surface area contributed by atoms with Gasteiger partial charge in [-0.1, -0.05) is 52.3 Å². The van der Waals surface area contributed by atoms with E-state index in [4.69, 9.17) is 0 Å². The second-order valence-corrected chi connectivity index (χ2v) is 8.58. The highest BCUT2D eigenvalue weighted by Crippen LogP contribution is 2.32. The zero-order chi connectivity index (χ0) is 17.2. The van der Waals surface area contributed by atoms with Crippen LogP contribution in [0.3, 0.4) is 0 Å². The van der Waals surface area contributed by atoms with E-state index < -0.39 is 15.8 Å². The Morgan fingerprint density at radius 1 is 1.00 bits per heavy atom. The van der Waals surface area contributed by atoms with Crippen LogP contribution in [0.25, 0.3) is 0 Å². The van der Waals surface area contributed by atoms with Crippen LogP contribution in [0.1, 0.15) is 0 Å². The third kappa shape index (κ3) is 3.39. The van der Waals surface area contributed by atoms with Gasteiger partial charge in [-0.3, -0.25) is 4.79 Å². The Kier molecular flexibility index (Phi) is 5.06. The minimum Gasteiger partial charge on any atom is -0.312 e. The molecule has 1 amide bonds. The molecule has 0 radical (unpaired) electrons. The largest absolute Gasteiger partial charge is 0.312 e. The maximum Gasteiger partial charge on any atom is 0.231 e. The molecule has 2 aromatic rings. The van der Waals surface area contributed by atoms with Crippen molar-refractivity contribution >= 4 is 37.4 Å². The highest BCUT2D eigenvalue weighted by molar-refractivity contribution is 9.09. The van der Waals surface area contributed by atoms with Gasteiger partial charge in [0.25, 0.3) is 0 Å². The number of benzene rings is 2. The Bertz CT molecular complexity index is 809. The average Bonchev–Trinajstić information content (AvgIpc) is 2.92. The molecule has 0 aromatic heterocycles. The van der Waals surface area contributed by atoms with Gasteiger partial charge in [0, 0.05) is 17.6 Å². The molecule has 6 heteroatoms. The molecule has 0 saturated carbocycles. The van der Waals surface area contributed by atoms with E-state index in [2.05, 4.69) is 15.9 Å². The van der Waals surface area contributed by atoms with Crippen molar-refractivity contribution < 1.29 is 13.2 Å². The molecule has 0 N–H and O–H groups in total. The van der Waals surface area contributed by atoms with Gasteiger partial charge < -0.3 is 4.90 Å². The van der Waals surface area contributed by atoms with Crippen LogP contribution in [0.4, 0.5) is 5.69 Å². The maximum absolute atomic E-state index is 12.8. The highest BCUT2D eigenvalue weighted by atomic mass is 79.9. The molecule has 0 aliphatic carbocycles. The summed E-state index contributed by atoms with van der Waals surface area (Å²) < 4.78 is 25.3. The summed E-state index contributed by atoms with van der Waals surface area (Å²) in [5.74, 6) is -0.841. The number of sulfone groups is 1. The van der Waals surface area contributed by atoms with Crippen LogP contribution in [-0.2, 0) is 14.6 Å². The summed E-state index contributed by atoms with van der Waals surface area (Å²) in [6.45, 7) is 0.531. The molecule has 1 fully saturated rings. The Balaban J connectivity index is 1.86. The van der Waals surface area contributed by atoms with E-state index in [1.807, 2.05) is 30.3 Å². The molecule has 0 bridgehead atoms. The Hall–Kier alpha value is -1.66. The molecule has 0 spiro atoms. The molecule has 2 aromatic carbocycles. The number of anilines is 1. The molecular formula is C18H18BrNO3S. The molecule has 2 atom stereocenters. The van der Waals surface area contributed by atoms with E-state index in [0.717, 1.165) is 5.69 Å². The summed E-state index contributed by atoms with van der Waals surface area (Å²) in [6.07, 6.45) is 0. The van der Waals surface area contributed by atoms with E-state index >= 15 is 0 Å². The minimum atomic E-state index is -3.49. The topological polar surface area (TPSA) is 54.5 Å². The second-order valence-electron chi connectivity index (χ2n) is 5.90. The number of hydrogen-bond donors (Lipinski definition) is 0. The molecule has 1 saturated heterocycles. The van der Waals surface area contributed by atoms with E-state index in [1.165, 1.54) is 0 Å². The van der Waals surface area contributed by atoms with Gasteiger partial charge >= 0.3 is 0 Å². The monoisotopic (exact) mass is 407 g/mol. The van der Waals surface area contributed by atoms with E-state index in [9.17, 15) is 13.2 Å². The fraction of sp³-hybridized carbons (Fsp3) is 0.278. The lowest BCUT2D eigenvalue weighted by Gasteiger charge is -2.16. The van der Waals surface area contributed by atoms with Crippen molar-refractivity contribution in [1.82, 2.24) is 0 Å². The quantitative estimate of drug-likeness (QED) is 0.715. The van der Waals surface area contributed by atoms with Gasteiger partial charge in [-0.25, -0.2) is 8.42 Å². The lowest BCUT2D eigenvalue weighted by molar-refractivity contribution is -0.120. The molecule has 2 unspecified atom stereocenters. The van der Waals surface area contributed by atoms with Crippen LogP contribution in [0.5, 0.6) is 0 Å². The van der Waals surface area contributed by atoms with Gasteiger partial charge in [0.2, 0.25) is 5.91 Å². The van der Waals surface area contributed by atoms with Crippen molar-refractivity contribution in [3.05, 3.63) is 60.7 Å². The van der Waals surface area contributed by atoms with Crippen molar-refractivity contribution in [2.75, 3.05) is 22.5 Å². The number of rotatable bonds is 5. The molecule has 126 valence electrons. The summed E-state index contributed by atoms with van der Waals surface area (Å²) in [7, 11) is -3.49. The average molecular weight is 408 g/mol. The van der Waals surface area contributed by atoms with Crippen molar-refractivity contribution in [3.63, 3.8) is 0 Å². The first kappa shape index (κ1) is 17.2. The summed E-state index contributed by atoms with van der Waals surface area (Å²) >= 11 is 3.43. The van der Waals surface area contributed by atoms with Crippen LogP contribution in [0, 0.1) is 11.8 Å². The van der Waals surface area contributed by atoms with Gasteiger partial charge in [-0.05, 0) is 30.2 Å². The van der Waals surface area contributed by atoms with Gasteiger partial charge in [-0.15, -0.1) is 0 Å². The SMILES string of the molecule is O=C1C(CS(=O)(=O)c2ccccc2)C(CBr)CN1c1ccccc1. The summed E-state index contributed by atoms with van der Waals surface area (Å²) in [4.78, 5) is 14.8. The van der Waals surface area contributed by atoms with Crippen molar-refractivity contribution in [1.29, 1.82) is 0 Å². The third-order valence-electron chi connectivity index (χ3n) is 4.34. The smallest absolute Gasteiger partial charge is 0.231 e.